The molecule has 1 radical (unpaired) electrons. The highest BCUT2D eigenvalue weighted by Crippen LogP contribution is 2.46. The number of nitrogens with zero attached hydrogens (tertiary/aromatic N) is 2. The predicted molar refractivity (Wildman–Crippen MR) is 130 cm³/mol. The molecule has 0 spiro atoms. The molecule has 1 unspecified atom stereocenters. The molecule has 0 aromatic carbocycles. The molecule has 1 fully saturated rings. The lowest BCUT2D eigenvalue weighted by Gasteiger charge is -2.41. The Labute approximate surface area is 202 Å². The zero-order chi connectivity index (χ0) is 26.0. The van der Waals surface area contributed by atoms with E-state index in [1.54, 1.807) is 25.7 Å². The van der Waals surface area contributed by atoms with Gasteiger partial charge in [0.05, 0.1) is 6.54 Å². The molecule has 193 valence electrons. The van der Waals surface area contributed by atoms with Gasteiger partial charge in [0.25, 0.3) is 0 Å². The van der Waals surface area contributed by atoms with Crippen molar-refractivity contribution in [3.8, 4) is 0 Å². The first-order valence-corrected chi connectivity index (χ1v) is 14.1. The van der Waals surface area contributed by atoms with Gasteiger partial charge in [-0.3, -0.25) is 4.90 Å². The van der Waals surface area contributed by atoms with Gasteiger partial charge in [0.15, 0.2) is 0 Å². The molecule has 0 saturated carbocycles. The van der Waals surface area contributed by atoms with Crippen molar-refractivity contribution in [2.24, 2.45) is 11.3 Å². The van der Waals surface area contributed by atoms with E-state index in [0.717, 1.165) is 0 Å². The third-order valence-corrected chi connectivity index (χ3v) is 6.20. The Morgan fingerprint density at radius 3 is 2.00 bits per heavy atom. The Morgan fingerprint density at radius 1 is 1.06 bits per heavy atom. The van der Waals surface area contributed by atoms with Crippen molar-refractivity contribution in [2.45, 2.75) is 111 Å². The van der Waals surface area contributed by atoms with Crippen molar-refractivity contribution in [3.63, 3.8) is 0 Å². The Kier molecular flexibility index (Phi) is 9.44. The van der Waals surface area contributed by atoms with Gasteiger partial charge in [-0.25, -0.2) is 14.0 Å². The summed E-state index contributed by atoms with van der Waals surface area (Å²) in [5, 5.41) is 0. The van der Waals surface area contributed by atoms with Crippen LogP contribution in [0.2, 0.25) is 13.1 Å². The highest BCUT2D eigenvalue weighted by molar-refractivity contribution is 6.48. The molecular formula is C24H46FN2O5Si. The van der Waals surface area contributed by atoms with E-state index in [2.05, 4.69) is 20.8 Å². The van der Waals surface area contributed by atoms with Crippen LogP contribution in [0.3, 0.4) is 0 Å². The standard InChI is InChI=1S/C24H46FN2O5Si/c1-21(2,3)17-13-24(32-33(11)12,27(15-17)20(29)31-23(7,8)9)14-18(25)16-26(10)19(28)30-22(4,5)6/h17-18H,13-16H2,1-12H3/t17-,18?,24+/m0/s1. The number of carbonyl (C=O) groups is 2. The lowest BCUT2D eigenvalue weighted by Crippen LogP contribution is -2.54. The lowest BCUT2D eigenvalue weighted by molar-refractivity contribution is -0.0853. The third-order valence-electron chi connectivity index (χ3n) is 5.41. The minimum atomic E-state index is -1.41. The molecule has 3 atom stereocenters. The van der Waals surface area contributed by atoms with Crippen LogP contribution in [0, 0.1) is 11.3 Å². The SMILES string of the molecule is CN(CC(F)C[C@]1(O[Si](C)C)C[C@H](C(C)(C)C)CN1C(=O)OC(C)(C)C)C(=O)OC(C)(C)C. The zero-order valence-corrected chi connectivity index (χ0v) is 23.8. The molecule has 1 aliphatic heterocycles. The summed E-state index contributed by atoms with van der Waals surface area (Å²) in [6, 6.07) is 0. The molecule has 1 rings (SSSR count). The fraction of sp³-hybridized carbons (Fsp3) is 0.917. The topological polar surface area (TPSA) is 68.3 Å². The molecule has 0 aromatic heterocycles. The second kappa shape index (κ2) is 10.5. The van der Waals surface area contributed by atoms with Gasteiger partial charge in [-0.05, 0) is 72.4 Å². The number of ether oxygens (including phenoxy) is 2. The van der Waals surface area contributed by atoms with E-state index in [0.29, 0.717) is 13.0 Å². The summed E-state index contributed by atoms with van der Waals surface area (Å²) >= 11 is 0. The van der Waals surface area contributed by atoms with E-state index in [1.165, 1.54) is 11.9 Å². The highest BCUT2D eigenvalue weighted by atomic mass is 28.3. The Balaban J connectivity index is 3.20. The van der Waals surface area contributed by atoms with Crippen LogP contribution in [-0.2, 0) is 13.9 Å². The quantitative estimate of drug-likeness (QED) is 0.438. The summed E-state index contributed by atoms with van der Waals surface area (Å²) in [6.07, 6.45) is -2.01. The molecule has 2 amide bonds. The first-order chi connectivity index (χ1) is 14.7. The lowest BCUT2D eigenvalue weighted by atomic mass is 9.78. The van der Waals surface area contributed by atoms with E-state index in [9.17, 15) is 9.59 Å². The first-order valence-electron chi connectivity index (χ1n) is 11.7. The molecule has 7 nitrogen and oxygen atoms in total. The second-order valence-electron chi connectivity index (χ2n) is 12.5. The summed E-state index contributed by atoms with van der Waals surface area (Å²) in [4.78, 5) is 28.4. The third kappa shape index (κ3) is 9.43. The molecular weight excluding hydrogens is 443 g/mol. The molecule has 1 saturated heterocycles. The van der Waals surface area contributed by atoms with Crippen LogP contribution in [0.15, 0.2) is 0 Å². The average Bonchev–Trinajstić information content (AvgIpc) is 2.89. The summed E-state index contributed by atoms with van der Waals surface area (Å²) in [5.74, 6) is 0.113. The number of amides is 2. The van der Waals surface area contributed by atoms with Crippen molar-refractivity contribution < 1.29 is 27.9 Å². The van der Waals surface area contributed by atoms with Crippen LogP contribution < -0.4 is 0 Å². The van der Waals surface area contributed by atoms with Gasteiger partial charge in [0.1, 0.15) is 23.1 Å². The van der Waals surface area contributed by atoms with Gasteiger partial charge < -0.3 is 18.8 Å². The fourth-order valence-corrected chi connectivity index (χ4v) is 4.96. The Hall–Kier alpha value is -1.35. The van der Waals surface area contributed by atoms with Crippen LogP contribution in [0.1, 0.15) is 75.2 Å². The maximum Gasteiger partial charge on any atom is 0.412 e. The monoisotopic (exact) mass is 489 g/mol. The number of hydrogen-bond donors (Lipinski definition) is 0. The van der Waals surface area contributed by atoms with E-state index < -0.39 is 44.3 Å². The Bertz CT molecular complexity index is 684. The van der Waals surface area contributed by atoms with Crippen LogP contribution >= 0.6 is 0 Å². The van der Waals surface area contributed by atoms with Crippen LogP contribution in [0.25, 0.3) is 0 Å². The number of rotatable bonds is 6. The number of hydrogen-bond acceptors (Lipinski definition) is 5. The second-order valence-corrected chi connectivity index (χ2v) is 14.5. The van der Waals surface area contributed by atoms with Gasteiger partial charge in [-0.2, -0.15) is 0 Å². The van der Waals surface area contributed by atoms with E-state index in [4.69, 9.17) is 13.9 Å². The minimum Gasteiger partial charge on any atom is -0.444 e. The average molecular weight is 490 g/mol. The van der Waals surface area contributed by atoms with Crippen LogP contribution in [0.5, 0.6) is 0 Å². The molecule has 1 aliphatic rings. The summed E-state index contributed by atoms with van der Waals surface area (Å²) < 4.78 is 32.9. The number of alkyl halides is 1. The van der Waals surface area contributed by atoms with E-state index in [-0.39, 0.29) is 24.3 Å². The smallest absolute Gasteiger partial charge is 0.412 e. The van der Waals surface area contributed by atoms with Crippen molar-refractivity contribution in [1.82, 2.24) is 9.80 Å². The predicted octanol–water partition coefficient (Wildman–Crippen LogP) is 5.85. The van der Waals surface area contributed by atoms with Crippen LogP contribution in [0.4, 0.5) is 14.0 Å². The summed E-state index contributed by atoms with van der Waals surface area (Å²) in [6.45, 7) is 21.3. The maximum absolute atomic E-state index is 15.5. The highest BCUT2D eigenvalue weighted by Gasteiger charge is 2.54. The van der Waals surface area contributed by atoms with E-state index >= 15 is 4.39 Å². The van der Waals surface area contributed by atoms with Gasteiger partial charge in [-0.15, -0.1) is 0 Å². The summed E-state index contributed by atoms with van der Waals surface area (Å²) in [5.41, 5.74) is -2.56. The minimum absolute atomic E-state index is 0.0399. The van der Waals surface area contributed by atoms with Gasteiger partial charge in [0, 0.05) is 20.0 Å². The fourth-order valence-electron chi connectivity index (χ4n) is 3.92. The van der Waals surface area contributed by atoms with Crippen LogP contribution in [-0.4, -0.2) is 74.3 Å². The maximum atomic E-state index is 15.5. The molecule has 0 N–H and O–H groups in total. The first kappa shape index (κ1) is 29.7. The number of halogens is 1. The van der Waals surface area contributed by atoms with Gasteiger partial charge >= 0.3 is 12.2 Å². The normalized spacial score (nSPS) is 23.0. The van der Waals surface area contributed by atoms with Crippen molar-refractivity contribution >= 4 is 21.2 Å². The van der Waals surface area contributed by atoms with Crippen molar-refractivity contribution in [3.05, 3.63) is 0 Å². The Morgan fingerprint density at radius 2 is 1.58 bits per heavy atom. The summed E-state index contributed by atoms with van der Waals surface area (Å²) in [7, 11) is 0.229. The molecule has 0 bridgehead atoms. The zero-order valence-electron chi connectivity index (χ0n) is 22.8. The molecule has 0 aromatic rings. The van der Waals surface area contributed by atoms with E-state index in [1.807, 2.05) is 33.9 Å². The number of carbonyl (C=O) groups excluding carboxylic acids is 2. The van der Waals surface area contributed by atoms with Gasteiger partial charge in [-0.1, -0.05) is 20.8 Å². The molecule has 9 heteroatoms. The largest absolute Gasteiger partial charge is 0.444 e. The van der Waals surface area contributed by atoms with Crippen molar-refractivity contribution in [1.29, 1.82) is 0 Å². The van der Waals surface area contributed by atoms with Gasteiger partial charge in [0.2, 0.25) is 9.04 Å². The molecule has 0 aliphatic carbocycles. The molecule has 1 heterocycles. The number of likely N-dealkylation sites (tertiary alicyclic amines) is 1. The van der Waals surface area contributed by atoms with Crippen molar-refractivity contribution in [2.75, 3.05) is 20.1 Å². The molecule has 33 heavy (non-hydrogen) atoms.